The lowest BCUT2D eigenvalue weighted by molar-refractivity contribution is 0.0917. The maximum atomic E-state index is 10.4. The van der Waals surface area contributed by atoms with Crippen LogP contribution in [0.4, 0.5) is 4.79 Å². The molecule has 0 aliphatic rings. The number of carbonyl (C=O) groups is 1. The van der Waals surface area contributed by atoms with E-state index >= 15 is 0 Å². The number of hydrogen-bond acceptors (Lipinski definition) is 2. The molecule has 6 heteroatoms. The Balaban J connectivity index is 4.38. The summed E-state index contributed by atoms with van der Waals surface area (Å²) in [7, 11) is -4.18. The van der Waals surface area contributed by atoms with Crippen molar-refractivity contribution in [2.45, 2.75) is 62.8 Å². The monoisotopic (exact) mass is 384 g/mol. The van der Waals surface area contributed by atoms with Crippen LogP contribution in [-0.4, -0.2) is 42.1 Å². The van der Waals surface area contributed by atoms with Crippen molar-refractivity contribution in [1.29, 1.82) is 0 Å². The summed E-state index contributed by atoms with van der Waals surface area (Å²) in [6.45, 7) is 22.1. The van der Waals surface area contributed by atoms with E-state index < -0.39 is 30.4 Å². The van der Waals surface area contributed by atoms with Crippen LogP contribution < -0.4 is 0 Å². The van der Waals surface area contributed by atoms with Crippen LogP contribution in [-0.2, 0) is 4.74 Å². The molecule has 0 unspecified atom stereocenters. The van der Waals surface area contributed by atoms with Crippen molar-refractivity contribution in [2.24, 2.45) is 0 Å². The molecule has 0 aliphatic heterocycles. The molecule has 0 fully saturated rings. The molecular formula is C18H36O3Si3. The van der Waals surface area contributed by atoms with Crippen molar-refractivity contribution in [1.82, 2.24) is 0 Å². The quantitative estimate of drug-likeness (QED) is 0.237. The van der Waals surface area contributed by atoms with Crippen molar-refractivity contribution in [3.63, 3.8) is 0 Å². The molecule has 0 spiro atoms. The smallest absolute Gasteiger partial charge is 0.450 e. The first kappa shape index (κ1) is 23.1. The third-order valence-electron chi connectivity index (χ3n) is 5.08. The second-order valence-electron chi connectivity index (χ2n) is 8.27. The van der Waals surface area contributed by atoms with Gasteiger partial charge in [0, 0.05) is 16.1 Å². The van der Waals surface area contributed by atoms with Gasteiger partial charge in [-0.2, -0.15) is 0 Å². The van der Waals surface area contributed by atoms with Gasteiger partial charge < -0.3 is 9.84 Å². The second-order valence-corrected chi connectivity index (χ2v) is 22.9. The molecular weight excluding hydrogens is 348 g/mol. The fourth-order valence-electron chi connectivity index (χ4n) is 2.75. The average Bonchev–Trinajstić information content (AvgIpc) is 2.52. The third kappa shape index (κ3) is 9.44. The predicted molar refractivity (Wildman–Crippen MR) is 114 cm³/mol. The van der Waals surface area contributed by atoms with Gasteiger partial charge >= 0.3 is 6.16 Å². The zero-order valence-corrected chi connectivity index (χ0v) is 19.1. The Bertz CT molecular complexity index is 423. The average molecular weight is 385 g/mol. The summed E-state index contributed by atoms with van der Waals surface area (Å²) in [5, 5.41) is 8.52. The molecule has 0 aliphatic carbocycles. The molecule has 0 atom stereocenters. The second kappa shape index (κ2) is 10.2. The van der Waals surface area contributed by atoms with Gasteiger partial charge in [0.15, 0.2) is 0 Å². The maximum absolute atomic E-state index is 10.4. The Hall–Kier alpha value is -0.859. The summed E-state index contributed by atoms with van der Waals surface area (Å²) in [5.41, 5.74) is 6.29. The Morgan fingerprint density at radius 1 is 0.875 bits per heavy atom. The summed E-state index contributed by atoms with van der Waals surface area (Å²) in [6, 6.07) is 6.30. The van der Waals surface area contributed by atoms with E-state index in [1.807, 2.05) is 0 Å². The zero-order valence-electron chi connectivity index (χ0n) is 16.1. The highest BCUT2D eigenvalue weighted by molar-refractivity contribution is 6.94. The van der Waals surface area contributed by atoms with Gasteiger partial charge in [-0.05, 0) is 12.5 Å². The van der Waals surface area contributed by atoms with Gasteiger partial charge in [0.2, 0.25) is 0 Å². The van der Waals surface area contributed by atoms with Crippen LogP contribution in [0.1, 0.15) is 6.42 Å². The van der Waals surface area contributed by atoms with E-state index in [0.29, 0.717) is 6.61 Å². The minimum Gasteiger partial charge on any atom is -0.450 e. The molecule has 0 saturated heterocycles. The van der Waals surface area contributed by atoms with E-state index in [1.165, 1.54) is 24.2 Å². The number of ether oxygens (including phenoxy) is 1. The van der Waals surface area contributed by atoms with Gasteiger partial charge in [0.1, 0.15) is 8.07 Å². The highest BCUT2D eigenvalue weighted by atomic mass is 28.3. The van der Waals surface area contributed by atoms with E-state index in [1.54, 1.807) is 0 Å². The summed E-state index contributed by atoms with van der Waals surface area (Å²) in [4.78, 5) is 10.4. The first-order chi connectivity index (χ1) is 11.0. The van der Waals surface area contributed by atoms with E-state index in [0.717, 1.165) is 12.5 Å². The Morgan fingerprint density at radius 3 is 1.71 bits per heavy atom. The van der Waals surface area contributed by atoms with Crippen LogP contribution in [0.5, 0.6) is 0 Å². The summed E-state index contributed by atoms with van der Waals surface area (Å²) in [5.74, 6) is 0. The van der Waals surface area contributed by atoms with Crippen LogP contribution in [0.15, 0.2) is 36.8 Å². The van der Waals surface area contributed by atoms with Gasteiger partial charge in [-0.3, -0.25) is 0 Å². The van der Waals surface area contributed by atoms with Gasteiger partial charge in [-0.15, -0.1) is 19.7 Å². The standard InChI is InChI=1S/C18H36O3Si3/c1-8-24(9-2,10-3)17-16-23(6,7)15-14-22(4,5)13-11-12-21-18(19)20/h8-10H,1-3,11-17H2,4-7H3,(H,19,20). The molecule has 0 aromatic rings. The number of carboxylic acid groups (broad SMARTS) is 1. The first-order valence-corrected chi connectivity index (χ1v) is 18.0. The summed E-state index contributed by atoms with van der Waals surface area (Å²) >= 11 is 0. The van der Waals surface area contributed by atoms with Crippen LogP contribution in [0.2, 0.25) is 56.4 Å². The van der Waals surface area contributed by atoms with E-state index in [9.17, 15) is 4.79 Å². The lowest BCUT2D eigenvalue weighted by Crippen LogP contribution is -2.35. The van der Waals surface area contributed by atoms with E-state index in [-0.39, 0.29) is 0 Å². The van der Waals surface area contributed by atoms with Crippen molar-refractivity contribution in [3.8, 4) is 0 Å². The molecule has 0 saturated carbocycles. The van der Waals surface area contributed by atoms with Gasteiger partial charge in [0.05, 0.1) is 6.61 Å². The number of hydrogen-bond donors (Lipinski definition) is 1. The Labute approximate surface area is 151 Å². The fraction of sp³-hybridized carbons (Fsp3) is 0.611. The molecule has 0 aromatic heterocycles. The lowest BCUT2D eigenvalue weighted by Gasteiger charge is -2.31. The largest absolute Gasteiger partial charge is 0.505 e. The van der Waals surface area contributed by atoms with Gasteiger partial charge in [-0.1, -0.05) is 67.5 Å². The molecule has 3 nitrogen and oxygen atoms in total. The van der Waals surface area contributed by atoms with Crippen molar-refractivity contribution in [2.75, 3.05) is 6.61 Å². The Morgan fingerprint density at radius 2 is 1.29 bits per heavy atom. The third-order valence-corrected chi connectivity index (χ3v) is 16.0. The molecule has 138 valence electrons. The highest BCUT2D eigenvalue weighted by Gasteiger charge is 2.30. The maximum Gasteiger partial charge on any atom is 0.505 e. The minimum atomic E-state index is -1.67. The SMILES string of the molecule is C=C[Si](C=C)(C=C)CC[Si](C)(C)CC[Si](C)(C)CCCOC(=O)O. The summed E-state index contributed by atoms with van der Waals surface area (Å²) in [6.07, 6.45) is -0.310. The molecule has 0 aromatic carbocycles. The van der Waals surface area contributed by atoms with Crippen LogP contribution in [0.25, 0.3) is 0 Å². The summed E-state index contributed by atoms with van der Waals surface area (Å²) < 4.78 is 4.62. The van der Waals surface area contributed by atoms with Gasteiger partial charge in [-0.25, -0.2) is 4.79 Å². The molecule has 24 heavy (non-hydrogen) atoms. The van der Waals surface area contributed by atoms with E-state index in [2.05, 4.69) is 67.8 Å². The fourth-order valence-corrected chi connectivity index (χ4v) is 15.3. The molecule has 0 heterocycles. The van der Waals surface area contributed by atoms with E-state index in [4.69, 9.17) is 5.11 Å². The molecule has 1 N–H and O–H groups in total. The highest BCUT2D eigenvalue weighted by Crippen LogP contribution is 2.30. The molecule has 0 bridgehead atoms. The van der Waals surface area contributed by atoms with Crippen molar-refractivity contribution in [3.05, 3.63) is 36.8 Å². The van der Waals surface area contributed by atoms with Crippen molar-refractivity contribution < 1.29 is 14.6 Å². The van der Waals surface area contributed by atoms with Crippen LogP contribution in [0.3, 0.4) is 0 Å². The molecule has 0 amide bonds. The van der Waals surface area contributed by atoms with Crippen LogP contribution >= 0.6 is 0 Å². The van der Waals surface area contributed by atoms with Gasteiger partial charge in [0.25, 0.3) is 0 Å². The minimum absolute atomic E-state index is 0.332. The van der Waals surface area contributed by atoms with Crippen molar-refractivity contribution >= 4 is 30.4 Å². The zero-order chi connectivity index (χ0) is 18.9. The molecule has 0 radical (unpaired) electrons. The number of rotatable bonds is 13. The molecule has 0 rings (SSSR count). The topological polar surface area (TPSA) is 46.5 Å². The normalized spacial score (nSPS) is 12.5. The predicted octanol–water partition coefficient (Wildman–Crippen LogP) is 6.11. The lowest BCUT2D eigenvalue weighted by atomic mass is 10.5. The van der Waals surface area contributed by atoms with Crippen LogP contribution in [0, 0.1) is 0 Å². The Kier molecular flexibility index (Phi) is 9.84. The first-order valence-electron chi connectivity index (χ1n) is 8.78.